The van der Waals surface area contributed by atoms with Gasteiger partial charge in [-0.05, 0) is 44.2 Å². The lowest BCUT2D eigenvalue weighted by Gasteiger charge is -2.28. The van der Waals surface area contributed by atoms with E-state index >= 15 is 0 Å². The second kappa shape index (κ2) is 5.98. The van der Waals surface area contributed by atoms with Crippen molar-refractivity contribution >= 4 is 0 Å². The number of ether oxygens (including phenoxy) is 1. The first kappa shape index (κ1) is 13.9. The topological polar surface area (TPSA) is 41.5 Å². The molecule has 1 aromatic rings. The van der Waals surface area contributed by atoms with Crippen molar-refractivity contribution in [1.29, 1.82) is 0 Å². The van der Waals surface area contributed by atoms with E-state index in [9.17, 15) is 9.50 Å². The summed E-state index contributed by atoms with van der Waals surface area (Å²) >= 11 is 0. The first-order chi connectivity index (χ1) is 8.00. The second-order valence-electron chi connectivity index (χ2n) is 4.45. The molecular weight excluding hydrogens is 221 g/mol. The van der Waals surface area contributed by atoms with Crippen LogP contribution < -0.4 is 10.1 Å². The normalized spacial score (nSPS) is 14.4. The number of rotatable bonds is 6. The number of likely N-dealkylation sites (N-methyl/N-ethyl adjacent to an activating group) is 1. The summed E-state index contributed by atoms with van der Waals surface area (Å²) in [6.45, 7) is 6.62. The van der Waals surface area contributed by atoms with Crippen LogP contribution in [0.3, 0.4) is 0 Å². The van der Waals surface area contributed by atoms with E-state index in [2.05, 4.69) is 5.32 Å². The van der Waals surface area contributed by atoms with Crippen molar-refractivity contribution in [1.82, 2.24) is 5.32 Å². The van der Waals surface area contributed by atoms with Crippen molar-refractivity contribution in [2.45, 2.75) is 26.3 Å². The Balaban J connectivity index is 2.62. The van der Waals surface area contributed by atoms with E-state index in [1.165, 1.54) is 6.07 Å². The zero-order valence-corrected chi connectivity index (χ0v) is 10.6. The Kier molecular flexibility index (Phi) is 4.90. The first-order valence-corrected chi connectivity index (χ1v) is 5.75. The molecule has 1 unspecified atom stereocenters. The number of nitrogens with one attached hydrogen (secondary N) is 1. The number of hydrogen-bond donors (Lipinski definition) is 2. The lowest BCUT2D eigenvalue weighted by molar-refractivity contribution is 0.117. The fourth-order valence-electron chi connectivity index (χ4n) is 1.53. The maximum Gasteiger partial charge on any atom is 0.126 e. The molecule has 17 heavy (non-hydrogen) atoms. The van der Waals surface area contributed by atoms with Gasteiger partial charge >= 0.3 is 0 Å². The quantitative estimate of drug-likeness (QED) is 0.799. The molecule has 4 heteroatoms. The molecule has 2 N–H and O–H groups in total. The van der Waals surface area contributed by atoms with Gasteiger partial charge < -0.3 is 15.2 Å². The second-order valence-corrected chi connectivity index (χ2v) is 4.45. The Morgan fingerprint density at radius 1 is 1.47 bits per heavy atom. The zero-order chi connectivity index (χ0) is 12.9. The standard InChI is InChI=1S/C13H20FNO2/c1-4-15-13(3,8-16)9-17-11-5-6-12(14)10(2)7-11/h5-7,15-16H,4,8-9H2,1-3H3. The summed E-state index contributed by atoms with van der Waals surface area (Å²) in [7, 11) is 0. The molecule has 0 aliphatic heterocycles. The van der Waals surface area contributed by atoms with Gasteiger partial charge in [0.25, 0.3) is 0 Å². The van der Waals surface area contributed by atoms with Gasteiger partial charge in [0.1, 0.15) is 18.2 Å². The van der Waals surface area contributed by atoms with Crippen LogP contribution in [-0.4, -0.2) is 30.4 Å². The van der Waals surface area contributed by atoms with Gasteiger partial charge in [0, 0.05) is 0 Å². The van der Waals surface area contributed by atoms with Gasteiger partial charge in [-0.15, -0.1) is 0 Å². The maximum absolute atomic E-state index is 13.1. The Hall–Kier alpha value is -1.13. The first-order valence-electron chi connectivity index (χ1n) is 5.75. The van der Waals surface area contributed by atoms with Crippen LogP contribution in [0.2, 0.25) is 0 Å². The van der Waals surface area contributed by atoms with Crippen molar-refractivity contribution in [3.8, 4) is 5.75 Å². The minimum Gasteiger partial charge on any atom is -0.492 e. The van der Waals surface area contributed by atoms with Gasteiger partial charge in [0.05, 0.1) is 12.1 Å². The average molecular weight is 241 g/mol. The zero-order valence-electron chi connectivity index (χ0n) is 10.6. The van der Waals surface area contributed by atoms with Crippen molar-refractivity contribution < 1.29 is 14.2 Å². The monoisotopic (exact) mass is 241 g/mol. The summed E-state index contributed by atoms with van der Waals surface area (Å²) in [4.78, 5) is 0. The Morgan fingerprint density at radius 3 is 2.71 bits per heavy atom. The third kappa shape index (κ3) is 3.98. The van der Waals surface area contributed by atoms with Gasteiger partial charge in [-0.3, -0.25) is 0 Å². The number of aliphatic hydroxyl groups is 1. The molecule has 1 rings (SSSR count). The smallest absolute Gasteiger partial charge is 0.126 e. The van der Waals surface area contributed by atoms with E-state index in [4.69, 9.17) is 4.74 Å². The summed E-state index contributed by atoms with van der Waals surface area (Å²) in [6.07, 6.45) is 0. The summed E-state index contributed by atoms with van der Waals surface area (Å²) in [6, 6.07) is 4.62. The Morgan fingerprint density at radius 2 is 2.18 bits per heavy atom. The average Bonchev–Trinajstić information content (AvgIpc) is 2.31. The minimum absolute atomic E-state index is 0.0129. The number of aryl methyl sites for hydroxylation is 1. The van der Waals surface area contributed by atoms with Crippen LogP contribution in [0.4, 0.5) is 4.39 Å². The van der Waals surface area contributed by atoms with Crippen LogP contribution in [0.25, 0.3) is 0 Å². The summed E-state index contributed by atoms with van der Waals surface area (Å²) in [5.74, 6) is 0.371. The van der Waals surface area contributed by atoms with Gasteiger partial charge in [-0.1, -0.05) is 6.92 Å². The molecule has 0 bridgehead atoms. The van der Waals surface area contributed by atoms with E-state index < -0.39 is 5.54 Å². The van der Waals surface area contributed by atoms with Crippen LogP contribution in [0, 0.1) is 12.7 Å². The molecule has 0 spiro atoms. The van der Waals surface area contributed by atoms with Crippen LogP contribution in [0.15, 0.2) is 18.2 Å². The van der Waals surface area contributed by atoms with E-state index in [0.717, 1.165) is 6.54 Å². The van der Waals surface area contributed by atoms with Crippen molar-refractivity contribution in [3.05, 3.63) is 29.6 Å². The van der Waals surface area contributed by atoms with Gasteiger partial charge in [0.2, 0.25) is 0 Å². The number of aliphatic hydroxyl groups excluding tert-OH is 1. The van der Waals surface area contributed by atoms with Crippen LogP contribution in [0.1, 0.15) is 19.4 Å². The van der Waals surface area contributed by atoms with E-state index in [-0.39, 0.29) is 12.4 Å². The molecule has 0 heterocycles. The fraction of sp³-hybridized carbons (Fsp3) is 0.538. The molecule has 0 amide bonds. The molecule has 0 saturated heterocycles. The molecule has 96 valence electrons. The number of halogens is 1. The molecule has 0 radical (unpaired) electrons. The lowest BCUT2D eigenvalue weighted by atomic mass is 10.1. The molecular formula is C13H20FNO2. The Bertz CT molecular complexity index is 370. The molecule has 1 atom stereocenters. The summed E-state index contributed by atoms with van der Waals surface area (Å²) in [5, 5.41) is 12.4. The van der Waals surface area contributed by atoms with Gasteiger partial charge in [0.15, 0.2) is 0 Å². The summed E-state index contributed by atoms with van der Waals surface area (Å²) in [5.41, 5.74) is 0.0773. The third-order valence-electron chi connectivity index (χ3n) is 2.64. The third-order valence-corrected chi connectivity index (χ3v) is 2.64. The molecule has 0 aromatic heterocycles. The molecule has 1 aromatic carbocycles. The van der Waals surface area contributed by atoms with Crippen molar-refractivity contribution in [2.75, 3.05) is 19.8 Å². The lowest BCUT2D eigenvalue weighted by Crippen LogP contribution is -2.50. The highest BCUT2D eigenvalue weighted by Gasteiger charge is 2.22. The van der Waals surface area contributed by atoms with Crippen LogP contribution in [0.5, 0.6) is 5.75 Å². The maximum atomic E-state index is 13.1. The van der Waals surface area contributed by atoms with Gasteiger partial charge in [-0.2, -0.15) is 0 Å². The summed E-state index contributed by atoms with van der Waals surface area (Å²) < 4.78 is 18.6. The molecule has 0 saturated carbocycles. The van der Waals surface area contributed by atoms with Crippen LogP contribution in [-0.2, 0) is 0 Å². The highest BCUT2D eigenvalue weighted by molar-refractivity contribution is 5.28. The van der Waals surface area contributed by atoms with Crippen LogP contribution >= 0.6 is 0 Å². The fourth-order valence-corrected chi connectivity index (χ4v) is 1.53. The molecule has 0 fully saturated rings. The van der Waals surface area contributed by atoms with Crippen molar-refractivity contribution in [3.63, 3.8) is 0 Å². The molecule has 0 aliphatic rings. The SMILES string of the molecule is CCNC(C)(CO)COc1ccc(F)c(C)c1. The largest absolute Gasteiger partial charge is 0.492 e. The Labute approximate surface area is 102 Å². The highest BCUT2D eigenvalue weighted by Crippen LogP contribution is 2.17. The molecule has 3 nitrogen and oxygen atoms in total. The van der Waals surface area contributed by atoms with Crippen molar-refractivity contribution in [2.24, 2.45) is 0 Å². The highest BCUT2D eigenvalue weighted by atomic mass is 19.1. The molecule has 0 aliphatic carbocycles. The number of benzene rings is 1. The predicted octanol–water partition coefficient (Wildman–Crippen LogP) is 1.87. The van der Waals surface area contributed by atoms with E-state index in [0.29, 0.717) is 17.9 Å². The predicted molar refractivity (Wildman–Crippen MR) is 65.8 cm³/mol. The minimum atomic E-state index is -0.475. The van der Waals surface area contributed by atoms with E-state index in [1.54, 1.807) is 19.1 Å². The number of hydrogen-bond acceptors (Lipinski definition) is 3. The van der Waals surface area contributed by atoms with E-state index in [1.807, 2.05) is 13.8 Å². The van der Waals surface area contributed by atoms with Gasteiger partial charge in [-0.25, -0.2) is 4.39 Å².